The van der Waals surface area contributed by atoms with Gasteiger partial charge in [-0.2, -0.15) is 13.2 Å². The highest BCUT2D eigenvalue weighted by Crippen LogP contribution is 2.49. The van der Waals surface area contributed by atoms with E-state index in [0.717, 1.165) is 88.9 Å². The van der Waals surface area contributed by atoms with E-state index in [1.807, 2.05) is 50.1 Å². The molecular formula is C63H88F3N11O7. The number of hydrogen-bond donors (Lipinski definition) is 2. The fourth-order valence-electron chi connectivity index (χ4n) is 15.8. The number of methoxy groups -OCH3 is 1. The van der Waals surface area contributed by atoms with Crippen molar-refractivity contribution in [3.8, 4) is 11.3 Å². The molecule has 1 aromatic carbocycles. The van der Waals surface area contributed by atoms with E-state index >= 15 is 22.8 Å². The summed E-state index contributed by atoms with van der Waals surface area (Å²) < 4.78 is 90.3. The fourth-order valence-corrected chi connectivity index (χ4v) is 15.8. The third-order valence-electron chi connectivity index (χ3n) is 20.7. The maximum absolute atomic E-state index is 15.4. The topological polar surface area (TPSA) is 160 Å². The standard InChI is InChI=1S/C63H88F3N11O7/c1-39(82-5)52-47(30-44(33-67-52)72-25-23-71(24-26-72)42-14-15-42)55-48-32-61(2,3)38-84-60(81)49-11-8-20-77(69-49)58(79)50(31-45-34-73(27-28-83-45)43-16-17-51(46(48)29-43)76(55)37-63(64,65)66)68-57(78)54(40-9-6-7-10-40)74-21-18-62(35-74)19-22-75(36-62)59(80)56-53(70(56)4)41-12-13-41/h16-17,29-30,33,39-42,45,49-50,53-54,56,69H,6-15,18-28,31-32,34-38H2,1-5H3,(H,68,78)/t39-,45-,49-,50-,53+,54-,56+,62-,70?/m0/s1/i4D3. The molecule has 0 radical (unpaired) electrons. The molecule has 18 nitrogen and oxygen atoms in total. The predicted octanol–water partition coefficient (Wildman–Crippen LogP) is 6.53. The Morgan fingerprint density at radius 1 is 0.929 bits per heavy atom. The van der Waals surface area contributed by atoms with E-state index in [4.69, 9.17) is 23.3 Å². The van der Waals surface area contributed by atoms with E-state index in [1.165, 1.54) is 27.3 Å². The minimum absolute atomic E-state index is 0.0411. The Bertz CT molecular complexity index is 3090. The molecule has 458 valence electrons. The first-order valence-electron chi connectivity index (χ1n) is 33.0. The van der Waals surface area contributed by atoms with Crippen molar-refractivity contribution >= 4 is 46.0 Å². The number of fused-ring (bicyclic) bond motifs is 6. The van der Waals surface area contributed by atoms with Gasteiger partial charge in [0.15, 0.2) is 0 Å². The lowest BCUT2D eigenvalue weighted by Gasteiger charge is -2.39. The third kappa shape index (κ3) is 11.8. The van der Waals surface area contributed by atoms with Crippen LogP contribution < -0.4 is 20.5 Å². The number of halogens is 3. The number of rotatable bonds is 12. The summed E-state index contributed by atoms with van der Waals surface area (Å²) in [4.78, 5) is 76.6. The van der Waals surface area contributed by atoms with Crippen LogP contribution >= 0.6 is 0 Å². The van der Waals surface area contributed by atoms with Crippen LogP contribution in [0.25, 0.3) is 22.2 Å². The average Bonchev–Trinajstić information content (AvgIpc) is 1.58. The number of likely N-dealkylation sites (tertiary alicyclic amines) is 2. The number of carbonyl (C=O) groups is 4. The van der Waals surface area contributed by atoms with Crippen molar-refractivity contribution in [2.75, 3.05) is 109 Å². The lowest BCUT2D eigenvalue weighted by molar-refractivity contribution is -0.156. The number of carbonyl (C=O) groups excluding carboxylic acids is 4. The average molecular weight is 1170 g/mol. The van der Waals surface area contributed by atoms with Crippen LogP contribution in [0.3, 0.4) is 0 Å². The van der Waals surface area contributed by atoms with Crippen LogP contribution in [0.15, 0.2) is 30.5 Å². The van der Waals surface area contributed by atoms with Gasteiger partial charge in [-0.25, -0.2) is 5.43 Å². The van der Waals surface area contributed by atoms with Crippen molar-refractivity contribution in [3.05, 3.63) is 41.7 Å². The lowest BCUT2D eigenvalue weighted by Crippen LogP contribution is -2.62. The van der Waals surface area contributed by atoms with Crippen molar-refractivity contribution in [3.63, 3.8) is 0 Å². The molecule has 13 rings (SSSR count). The zero-order valence-corrected chi connectivity index (χ0v) is 49.5. The van der Waals surface area contributed by atoms with Gasteiger partial charge in [0, 0.05) is 128 Å². The number of cyclic esters (lactones) is 1. The molecule has 3 saturated carbocycles. The van der Waals surface area contributed by atoms with Crippen LogP contribution in [-0.2, 0) is 46.4 Å². The van der Waals surface area contributed by atoms with Gasteiger partial charge >= 0.3 is 12.1 Å². The van der Waals surface area contributed by atoms with E-state index < -0.39 is 73.4 Å². The van der Waals surface area contributed by atoms with Gasteiger partial charge in [-0.15, -0.1) is 0 Å². The minimum Gasteiger partial charge on any atom is -0.464 e. The summed E-state index contributed by atoms with van der Waals surface area (Å²) in [6.07, 6.45) is 6.82. The number of piperazine rings is 1. The molecule has 10 aliphatic rings. The first kappa shape index (κ1) is 54.3. The number of likely N-dealkylation sites (N-methyl/N-ethyl adjacent to an activating group) is 1. The number of nitrogens with zero attached hydrogens (tertiary/aromatic N) is 9. The van der Waals surface area contributed by atoms with Crippen LogP contribution in [0.4, 0.5) is 24.5 Å². The number of alkyl halides is 3. The second-order valence-electron chi connectivity index (χ2n) is 27.4. The van der Waals surface area contributed by atoms with Crippen molar-refractivity contribution in [2.24, 2.45) is 22.7 Å². The summed E-state index contributed by atoms with van der Waals surface area (Å²) in [7, 11) is 1.57. The first-order valence-corrected chi connectivity index (χ1v) is 31.5. The molecule has 7 aliphatic heterocycles. The Morgan fingerprint density at radius 2 is 1.71 bits per heavy atom. The number of esters is 1. The van der Waals surface area contributed by atoms with Gasteiger partial charge in [-0.3, -0.25) is 43.9 Å². The fraction of sp³-hybridized carbons (Fsp3) is 0.730. The van der Waals surface area contributed by atoms with Crippen molar-refractivity contribution in [1.29, 1.82) is 0 Å². The van der Waals surface area contributed by atoms with Crippen molar-refractivity contribution < 1.29 is 50.7 Å². The summed E-state index contributed by atoms with van der Waals surface area (Å²) >= 11 is 0. The highest BCUT2D eigenvalue weighted by Gasteiger charge is 2.59. The van der Waals surface area contributed by atoms with Crippen LogP contribution in [0.2, 0.25) is 0 Å². The number of nitrogens with one attached hydrogen (secondary N) is 2. The molecule has 9 atom stereocenters. The number of aromatic nitrogens is 2. The molecular weight excluding hydrogens is 1080 g/mol. The van der Waals surface area contributed by atoms with E-state index in [9.17, 15) is 9.59 Å². The van der Waals surface area contributed by atoms with Crippen LogP contribution in [-0.4, -0.2) is 206 Å². The third-order valence-corrected chi connectivity index (χ3v) is 20.7. The summed E-state index contributed by atoms with van der Waals surface area (Å²) in [5, 5.41) is 5.38. The zero-order valence-electron chi connectivity index (χ0n) is 52.5. The first-order chi connectivity index (χ1) is 41.5. The second kappa shape index (κ2) is 22.9. The molecule has 9 heterocycles. The quantitative estimate of drug-likeness (QED) is 0.149. The van der Waals surface area contributed by atoms with Gasteiger partial charge in [-0.1, -0.05) is 26.7 Å². The molecule has 6 bridgehead atoms. The van der Waals surface area contributed by atoms with Crippen LogP contribution in [0.1, 0.15) is 126 Å². The molecule has 9 fully saturated rings. The summed E-state index contributed by atoms with van der Waals surface area (Å²) in [5.41, 5.74) is 6.24. The number of hydrazine groups is 1. The van der Waals surface area contributed by atoms with Crippen LogP contribution in [0.5, 0.6) is 0 Å². The monoisotopic (exact) mass is 1170 g/mol. The Kier molecular flexibility index (Phi) is 14.8. The largest absolute Gasteiger partial charge is 0.464 e. The zero-order chi connectivity index (χ0) is 60.9. The summed E-state index contributed by atoms with van der Waals surface area (Å²) in [6, 6.07) is 4.89. The molecule has 3 amide bonds. The molecule has 1 spiro atoms. The van der Waals surface area contributed by atoms with Crippen molar-refractivity contribution in [1.82, 2.24) is 44.9 Å². The number of pyridine rings is 1. The number of ether oxygens (including phenoxy) is 3. The second-order valence-corrected chi connectivity index (χ2v) is 27.4. The molecule has 1 unspecified atom stereocenters. The maximum Gasteiger partial charge on any atom is 0.406 e. The maximum atomic E-state index is 15.4. The number of benzene rings is 1. The van der Waals surface area contributed by atoms with Gasteiger partial charge in [0.1, 0.15) is 24.7 Å². The van der Waals surface area contributed by atoms with Gasteiger partial charge in [0.2, 0.25) is 11.8 Å². The predicted molar refractivity (Wildman–Crippen MR) is 312 cm³/mol. The highest BCUT2D eigenvalue weighted by molar-refractivity contribution is 5.95. The summed E-state index contributed by atoms with van der Waals surface area (Å²) in [6.45, 7) is 9.06. The molecule has 2 N–H and O–H groups in total. The van der Waals surface area contributed by atoms with Crippen LogP contribution in [0, 0.1) is 22.7 Å². The van der Waals surface area contributed by atoms with Gasteiger partial charge in [0.05, 0.1) is 54.7 Å². The van der Waals surface area contributed by atoms with Gasteiger partial charge < -0.3 is 38.8 Å². The summed E-state index contributed by atoms with van der Waals surface area (Å²) in [5.74, 6) is -1.00. The highest BCUT2D eigenvalue weighted by atomic mass is 19.4. The smallest absolute Gasteiger partial charge is 0.406 e. The van der Waals surface area contributed by atoms with E-state index in [1.54, 1.807) is 13.2 Å². The number of morpholine rings is 1. The molecule has 2 aromatic heterocycles. The number of amides is 3. The number of anilines is 2. The van der Waals surface area contributed by atoms with Gasteiger partial charge in [-0.05, 0) is 133 Å². The molecule has 84 heavy (non-hydrogen) atoms. The Hall–Kier alpha value is -5.06. The van der Waals surface area contributed by atoms with Crippen molar-refractivity contribution in [2.45, 2.75) is 172 Å². The molecule has 21 heteroatoms. The normalized spacial score (nSPS) is 31.6. The molecule has 6 saturated heterocycles. The van der Waals surface area contributed by atoms with E-state index in [-0.39, 0.29) is 67.7 Å². The Morgan fingerprint density at radius 3 is 2.45 bits per heavy atom. The SMILES string of the molecule is [2H]C([2H])([2H])N1[C@H](C2CC2)[C@@H]1C(=O)N1CC[C@]2(CCN([C@H](C(=O)N[C@H]3C[C@H]4CN(CCO4)c4ccc5c(c4)c(c(-c4cc(N6CCN(C7CC7)CC6)cnc4[C@H](C)OC)n5CC(F)(F)F)CC(C)(C)COC(=O)[C@@H]4CCCN(N4)C3=O)C3CCCC3)C2)C1. The Labute approximate surface area is 496 Å². The Balaban J connectivity index is 0.813. The van der Waals surface area contributed by atoms with Gasteiger partial charge in [0.25, 0.3) is 5.91 Å². The lowest BCUT2D eigenvalue weighted by atomic mass is 9.84. The molecule has 3 aromatic rings. The number of hydrogen-bond acceptors (Lipinski definition) is 14. The van der Waals surface area contributed by atoms with E-state index in [0.29, 0.717) is 91.6 Å². The van der Waals surface area contributed by atoms with E-state index in [2.05, 4.69) is 30.3 Å². The minimum atomic E-state index is -4.61. The molecule has 3 aliphatic carbocycles.